The van der Waals surface area contributed by atoms with Gasteiger partial charge in [0.1, 0.15) is 12.2 Å². The first-order valence-electron chi connectivity index (χ1n) is 5.97. The fraction of sp³-hybridized carbons (Fsp3) is 0.125. The summed E-state index contributed by atoms with van der Waals surface area (Å²) in [5.74, 6) is 0. The molecule has 0 bridgehead atoms. The van der Waals surface area contributed by atoms with Crippen LogP contribution in [0.3, 0.4) is 0 Å². The first-order chi connectivity index (χ1) is 8.83. The van der Waals surface area contributed by atoms with E-state index in [0.717, 1.165) is 10.6 Å². The Morgan fingerprint density at radius 1 is 0.944 bits per heavy atom. The van der Waals surface area contributed by atoms with Gasteiger partial charge in [0.2, 0.25) is 0 Å². The summed E-state index contributed by atoms with van der Waals surface area (Å²) in [4.78, 5) is 0. The summed E-state index contributed by atoms with van der Waals surface area (Å²) in [6.45, 7) is 0. The topological polar surface area (TPSA) is 12.5 Å². The van der Waals surface area contributed by atoms with Crippen LogP contribution in [-0.4, -0.2) is 6.10 Å². The minimum absolute atomic E-state index is 0.197. The van der Waals surface area contributed by atoms with Crippen molar-refractivity contribution in [2.24, 2.45) is 0 Å². The lowest BCUT2D eigenvalue weighted by atomic mass is 10.1. The minimum atomic E-state index is 0.197. The third-order valence-electron chi connectivity index (χ3n) is 3.00. The van der Waals surface area contributed by atoms with Crippen molar-refractivity contribution in [3.05, 3.63) is 76.8 Å². The molecule has 0 spiro atoms. The van der Waals surface area contributed by atoms with Gasteiger partial charge in [-0.3, -0.25) is 0 Å². The average Bonchev–Trinajstić information content (AvgIpc) is 3.19. The molecule has 1 aliphatic rings. The highest BCUT2D eigenvalue weighted by atomic mass is 35.5. The fourth-order valence-electron chi connectivity index (χ4n) is 1.96. The molecule has 3 rings (SSSR count). The second-order valence-corrected chi connectivity index (χ2v) is 4.78. The van der Waals surface area contributed by atoms with Crippen molar-refractivity contribution in [1.82, 2.24) is 0 Å². The van der Waals surface area contributed by atoms with E-state index in [-0.39, 0.29) is 12.2 Å². The molecule has 1 nitrogen and oxygen atoms in total. The van der Waals surface area contributed by atoms with Gasteiger partial charge in [-0.15, -0.1) is 0 Å². The molecule has 1 heterocycles. The van der Waals surface area contributed by atoms with Crippen LogP contribution in [-0.2, 0) is 4.74 Å². The summed E-state index contributed by atoms with van der Waals surface area (Å²) >= 11 is 5.84. The van der Waals surface area contributed by atoms with Gasteiger partial charge in [0.15, 0.2) is 0 Å². The zero-order chi connectivity index (χ0) is 12.4. The Labute approximate surface area is 112 Å². The molecule has 0 radical (unpaired) electrons. The van der Waals surface area contributed by atoms with E-state index in [2.05, 4.69) is 24.3 Å². The fourth-order valence-corrected chi connectivity index (χ4v) is 2.09. The SMILES string of the molecule is Clc1ccc(/C=C/[C@H]2O[C@@H]2c2ccccc2)cc1. The highest BCUT2D eigenvalue weighted by Gasteiger charge is 2.37. The zero-order valence-electron chi connectivity index (χ0n) is 9.79. The maximum atomic E-state index is 5.84. The molecule has 1 fully saturated rings. The molecule has 0 amide bonds. The Morgan fingerprint density at radius 3 is 2.39 bits per heavy atom. The van der Waals surface area contributed by atoms with Crippen LogP contribution in [0.1, 0.15) is 17.2 Å². The third kappa shape index (κ3) is 2.63. The Balaban J connectivity index is 1.64. The number of benzene rings is 2. The number of hydrogen-bond donors (Lipinski definition) is 0. The predicted octanol–water partition coefficient (Wildman–Crippen LogP) is 4.49. The molecule has 1 aliphatic heterocycles. The molecule has 0 saturated carbocycles. The lowest BCUT2D eigenvalue weighted by molar-refractivity contribution is 0.394. The molecule has 90 valence electrons. The molecule has 18 heavy (non-hydrogen) atoms. The zero-order valence-corrected chi connectivity index (χ0v) is 10.5. The summed E-state index contributed by atoms with van der Waals surface area (Å²) in [7, 11) is 0. The van der Waals surface area contributed by atoms with E-state index in [0.29, 0.717) is 0 Å². The van der Waals surface area contributed by atoms with Crippen molar-refractivity contribution in [1.29, 1.82) is 0 Å². The van der Waals surface area contributed by atoms with Gasteiger partial charge in [-0.05, 0) is 23.3 Å². The Morgan fingerprint density at radius 2 is 1.67 bits per heavy atom. The van der Waals surface area contributed by atoms with Crippen molar-refractivity contribution in [3.8, 4) is 0 Å². The summed E-state index contributed by atoms with van der Waals surface area (Å²) in [6, 6.07) is 18.1. The first kappa shape index (κ1) is 11.5. The summed E-state index contributed by atoms with van der Waals surface area (Å²) < 4.78 is 5.64. The van der Waals surface area contributed by atoms with E-state index in [9.17, 15) is 0 Å². The van der Waals surface area contributed by atoms with Gasteiger partial charge in [-0.2, -0.15) is 0 Å². The van der Waals surface area contributed by atoms with Crippen LogP contribution < -0.4 is 0 Å². The number of hydrogen-bond acceptors (Lipinski definition) is 1. The standard InChI is InChI=1S/C16H13ClO/c17-14-9-6-12(7-10-14)8-11-15-16(18-15)13-4-2-1-3-5-13/h1-11,15-16H/b11-8+/t15-,16-/m1/s1. The number of halogens is 1. The van der Waals surface area contributed by atoms with Crippen LogP contribution in [0.15, 0.2) is 60.7 Å². The molecule has 2 heteroatoms. The Kier molecular flexibility index (Phi) is 3.18. The van der Waals surface area contributed by atoms with Crippen molar-refractivity contribution in [2.45, 2.75) is 12.2 Å². The predicted molar refractivity (Wildman–Crippen MR) is 74.5 cm³/mol. The van der Waals surface area contributed by atoms with Gasteiger partial charge in [-0.25, -0.2) is 0 Å². The number of rotatable bonds is 3. The summed E-state index contributed by atoms with van der Waals surface area (Å²) in [5.41, 5.74) is 2.38. The largest absolute Gasteiger partial charge is 0.360 e. The molecule has 2 atom stereocenters. The van der Waals surface area contributed by atoms with Gasteiger partial charge in [0.05, 0.1) is 0 Å². The minimum Gasteiger partial charge on any atom is -0.360 e. The Hall–Kier alpha value is -1.57. The van der Waals surface area contributed by atoms with Gasteiger partial charge in [0.25, 0.3) is 0 Å². The van der Waals surface area contributed by atoms with Crippen molar-refractivity contribution in [3.63, 3.8) is 0 Å². The number of epoxide rings is 1. The highest BCUT2D eigenvalue weighted by molar-refractivity contribution is 6.30. The summed E-state index contributed by atoms with van der Waals surface area (Å²) in [6.07, 6.45) is 4.59. The van der Waals surface area contributed by atoms with Crippen LogP contribution >= 0.6 is 11.6 Å². The van der Waals surface area contributed by atoms with E-state index in [4.69, 9.17) is 16.3 Å². The van der Waals surface area contributed by atoms with Gasteiger partial charge in [-0.1, -0.05) is 66.2 Å². The van der Waals surface area contributed by atoms with Crippen LogP contribution in [0.25, 0.3) is 6.08 Å². The van der Waals surface area contributed by atoms with Crippen LogP contribution in [0.2, 0.25) is 5.02 Å². The van der Waals surface area contributed by atoms with E-state index in [1.807, 2.05) is 42.5 Å². The monoisotopic (exact) mass is 256 g/mol. The lowest BCUT2D eigenvalue weighted by Crippen LogP contribution is -1.83. The smallest absolute Gasteiger partial charge is 0.113 e. The normalized spacial score (nSPS) is 22.3. The van der Waals surface area contributed by atoms with Crippen LogP contribution in [0.5, 0.6) is 0 Å². The maximum absolute atomic E-state index is 5.84. The van der Waals surface area contributed by atoms with Crippen LogP contribution in [0, 0.1) is 0 Å². The maximum Gasteiger partial charge on any atom is 0.113 e. The number of ether oxygens (including phenoxy) is 1. The van der Waals surface area contributed by atoms with Gasteiger partial charge < -0.3 is 4.74 Å². The van der Waals surface area contributed by atoms with Gasteiger partial charge >= 0.3 is 0 Å². The summed E-state index contributed by atoms with van der Waals surface area (Å²) in [5, 5.41) is 0.761. The molecular weight excluding hydrogens is 244 g/mol. The molecule has 0 aliphatic carbocycles. The Bertz CT molecular complexity index is 545. The third-order valence-corrected chi connectivity index (χ3v) is 3.25. The molecular formula is C16H13ClO. The van der Waals surface area contributed by atoms with Crippen molar-refractivity contribution < 1.29 is 4.74 Å². The molecule has 0 unspecified atom stereocenters. The van der Waals surface area contributed by atoms with Crippen LogP contribution in [0.4, 0.5) is 0 Å². The van der Waals surface area contributed by atoms with E-state index >= 15 is 0 Å². The second kappa shape index (κ2) is 4.97. The van der Waals surface area contributed by atoms with Crippen molar-refractivity contribution >= 4 is 17.7 Å². The second-order valence-electron chi connectivity index (χ2n) is 4.34. The van der Waals surface area contributed by atoms with E-state index in [1.165, 1.54) is 5.56 Å². The highest BCUT2D eigenvalue weighted by Crippen LogP contribution is 2.39. The molecule has 2 aromatic carbocycles. The van der Waals surface area contributed by atoms with E-state index < -0.39 is 0 Å². The average molecular weight is 257 g/mol. The molecule has 0 aromatic heterocycles. The van der Waals surface area contributed by atoms with E-state index in [1.54, 1.807) is 0 Å². The first-order valence-corrected chi connectivity index (χ1v) is 6.35. The molecule has 1 saturated heterocycles. The quantitative estimate of drug-likeness (QED) is 0.737. The van der Waals surface area contributed by atoms with Crippen molar-refractivity contribution in [2.75, 3.05) is 0 Å². The lowest BCUT2D eigenvalue weighted by Gasteiger charge is -1.93. The molecule has 0 N–H and O–H groups in total. The van der Waals surface area contributed by atoms with Gasteiger partial charge in [0, 0.05) is 5.02 Å². The molecule has 2 aromatic rings.